The van der Waals surface area contributed by atoms with Gasteiger partial charge in [-0.25, -0.2) is 0 Å². The Bertz CT molecular complexity index is 470. The van der Waals surface area contributed by atoms with Gasteiger partial charge < -0.3 is 20.5 Å². The Kier molecular flexibility index (Phi) is 4.84. The summed E-state index contributed by atoms with van der Waals surface area (Å²) in [6.07, 6.45) is 4.31. The number of hydrogen-bond acceptors (Lipinski definition) is 4. The van der Waals surface area contributed by atoms with E-state index in [0.29, 0.717) is 23.5 Å². The van der Waals surface area contributed by atoms with E-state index in [1.807, 2.05) is 0 Å². The molecule has 1 aliphatic carbocycles. The number of carbonyl (C=O) groups excluding carboxylic acids is 1. The largest absolute Gasteiger partial charge is 0.495 e. The average Bonchev–Trinajstić information content (AvgIpc) is 2.98. The lowest BCUT2D eigenvalue weighted by molar-refractivity contribution is 0.0637. The van der Waals surface area contributed by atoms with E-state index in [0.717, 1.165) is 25.7 Å². The van der Waals surface area contributed by atoms with E-state index in [-0.39, 0.29) is 18.6 Å². The van der Waals surface area contributed by atoms with Crippen molar-refractivity contribution in [3.63, 3.8) is 0 Å². The van der Waals surface area contributed by atoms with Crippen LogP contribution in [0.3, 0.4) is 0 Å². The fourth-order valence-corrected chi connectivity index (χ4v) is 2.78. The number of aliphatic hydroxyl groups excluding tert-OH is 1. The molecule has 3 N–H and O–H groups in total. The summed E-state index contributed by atoms with van der Waals surface area (Å²) in [5.74, 6) is 0.440. The second-order valence-corrected chi connectivity index (χ2v) is 5.12. The topological polar surface area (TPSA) is 75.8 Å². The van der Waals surface area contributed by atoms with E-state index < -0.39 is 0 Å². The third-order valence-corrected chi connectivity index (χ3v) is 3.85. The van der Waals surface area contributed by atoms with Crippen molar-refractivity contribution < 1.29 is 14.6 Å². The maximum absolute atomic E-state index is 12.6. The fourth-order valence-electron chi connectivity index (χ4n) is 2.78. The second kappa shape index (κ2) is 6.61. The summed E-state index contributed by atoms with van der Waals surface area (Å²) >= 11 is 0. The van der Waals surface area contributed by atoms with Crippen LogP contribution in [0.2, 0.25) is 0 Å². The predicted molar refractivity (Wildman–Crippen MR) is 77.8 cm³/mol. The Morgan fingerprint density at radius 2 is 2.15 bits per heavy atom. The molecule has 1 fully saturated rings. The zero-order chi connectivity index (χ0) is 14.5. The van der Waals surface area contributed by atoms with Crippen molar-refractivity contribution in [2.75, 3.05) is 26.0 Å². The van der Waals surface area contributed by atoms with Crippen LogP contribution >= 0.6 is 0 Å². The molecule has 20 heavy (non-hydrogen) atoms. The molecule has 0 heterocycles. The van der Waals surface area contributed by atoms with E-state index >= 15 is 0 Å². The molecule has 0 aromatic heterocycles. The molecular formula is C15H22N2O3. The number of ether oxygens (including phenoxy) is 1. The molecule has 1 aliphatic rings. The second-order valence-electron chi connectivity index (χ2n) is 5.12. The van der Waals surface area contributed by atoms with Crippen LogP contribution in [0.15, 0.2) is 18.2 Å². The van der Waals surface area contributed by atoms with Gasteiger partial charge in [-0.05, 0) is 31.0 Å². The minimum Gasteiger partial charge on any atom is -0.495 e. The molecular weight excluding hydrogens is 256 g/mol. The third-order valence-electron chi connectivity index (χ3n) is 3.85. The predicted octanol–water partition coefficient (Wildman–Crippen LogP) is 1.65. The average molecular weight is 278 g/mol. The Morgan fingerprint density at radius 3 is 2.75 bits per heavy atom. The monoisotopic (exact) mass is 278 g/mol. The SMILES string of the molecule is COc1cc(C(=O)N(CCO)C2CCCC2)ccc1N. The number of benzene rings is 1. The number of methoxy groups -OCH3 is 1. The molecule has 1 saturated carbocycles. The summed E-state index contributed by atoms with van der Waals surface area (Å²) in [6.45, 7) is 0.352. The van der Waals surface area contributed by atoms with Gasteiger partial charge in [0.15, 0.2) is 0 Å². The van der Waals surface area contributed by atoms with E-state index in [9.17, 15) is 9.90 Å². The quantitative estimate of drug-likeness (QED) is 0.803. The number of aliphatic hydroxyl groups is 1. The van der Waals surface area contributed by atoms with E-state index in [1.165, 1.54) is 7.11 Å². The Labute approximate surface area is 119 Å². The first-order chi connectivity index (χ1) is 9.67. The molecule has 1 amide bonds. The van der Waals surface area contributed by atoms with Gasteiger partial charge in [-0.3, -0.25) is 4.79 Å². The Hall–Kier alpha value is -1.75. The molecule has 0 saturated heterocycles. The number of carbonyl (C=O) groups is 1. The number of anilines is 1. The molecule has 0 spiro atoms. The highest BCUT2D eigenvalue weighted by Crippen LogP contribution is 2.27. The van der Waals surface area contributed by atoms with Crippen LogP contribution in [-0.4, -0.2) is 42.2 Å². The van der Waals surface area contributed by atoms with E-state index in [4.69, 9.17) is 10.5 Å². The summed E-state index contributed by atoms with van der Waals surface area (Å²) in [7, 11) is 1.53. The number of hydrogen-bond donors (Lipinski definition) is 2. The van der Waals surface area contributed by atoms with Crippen LogP contribution in [0.1, 0.15) is 36.0 Å². The number of nitrogens with zero attached hydrogens (tertiary/aromatic N) is 1. The van der Waals surface area contributed by atoms with E-state index in [2.05, 4.69) is 0 Å². The summed E-state index contributed by atoms with van der Waals surface area (Å²) in [5, 5.41) is 9.20. The van der Waals surface area contributed by atoms with Gasteiger partial charge in [0, 0.05) is 18.2 Å². The van der Waals surface area contributed by atoms with Crippen molar-refractivity contribution >= 4 is 11.6 Å². The lowest BCUT2D eigenvalue weighted by atomic mass is 10.1. The van der Waals surface area contributed by atoms with E-state index in [1.54, 1.807) is 23.1 Å². The first-order valence-corrected chi connectivity index (χ1v) is 7.02. The van der Waals surface area contributed by atoms with Crippen molar-refractivity contribution in [1.82, 2.24) is 4.90 Å². The summed E-state index contributed by atoms with van der Waals surface area (Å²) < 4.78 is 5.16. The molecule has 1 aromatic carbocycles. The van der Waals surface area contributed by atoms with Gasteiger partial charge in [0.2, 0.25) is 0 Å². The van der Waals surface area contributed by atoms with Gasteiger partial charge in [-0.2, -0.15) is 0 Å². The molecule has 2 rings (SSSR count). The normalized spacial score (nSPS) is 15.3. The fraction of sp³-hybridized carbons (Fsp3) is 0.533. The van der Waals surface area contributed by atoms with Gasteiger partial charge in [0.1, 0.15) is 5.75 Å². The Balaban J connectivity index is 2.22. The number of nitrogen functional groups attached to an aromatic ring is 1. The van der Waals surface area contributed by atoms with Crippen molar-refractivity contribution in [2.45, 2.75) is 31.7 Å². The minimum atomic E-state index is -0.0655. The standard InChI is InChI=1S/C15H22N2O3/c1-20-14-10-11(6-7-13(14)16)15(19)17(8-9-18)12-4-2-3-5-12/h6-7,10,12,18H,2-5,8-9,16H2,1H3. The third kappa shape index (κ3) is 3.04. The van der Waals surface area contributed by atoms with Gasteiger partial charge in [0.05, 0.1) is 19.4 Å². The lowest BCUT2D eigenvalue weighted by Gasteiger charge is -2.28. The maximum atomic E-state index is 12.6. The van der Waals surface area contributed by atoms with Crippen LogP contribution in [0.25, 0.3) is 0 Å². The van der Waals surface area contributed by atoms with Crippen molar-refractivity contribution in [1.29, 1.82) is 0 Å². The Morgan fingerprint density at radius 1 is 1.45 bits per heavy atom. The smallest absolute Gasteiger partial charge is 0.254 e. The summed E-state index contributed by atoms with van der Waals surface area (Å²) in [6, 6.07) is 5.28. The van der Waals surface area contributed by atoms with Gasteiger partial charge in [-0.15, -0.1) is 0 Å². The zero-order valence-corrected chi connectivity index (χ0v) is 11.8. The number of amides is 1. The highest BCUT2D eigenvalue weighted by atomic mass is 16.5. The van der Waals surface area contributed by atoms with Crippen LogP contribution in [0.4, 0.5) is 5.69 Å². The van der Waals surface area contributed by atoms with Crippen molar-refractivity contribution in [2.24, 2.45) is 0 Å². The minimum absolute atomic E-state index is 0.0195. The van der Waals surface area contributed by atoms with Crippen molar-refractivity contribution in [3.8, 4) is 5.75 Å². The number of nitrogens with two attached hydrogens (primary N) is 1. The highest BCUT2D eigenvalue weighted by Gasteiger charge is 2.27. The first kappa shape index (κ1) is 14.7. The van der Waals surface area contributed by atoms with Crippen LogP contribution < -0.4 is 10.5 Å². The molecule has 0 aliphatic heterocycles. The van der Waals surface area contributed by atoms with Crippen LogP contribution in [0, 0.1) is 0 Å². The van der Waals surface area contributed by atoms with Crippen LogP contribution in [-0.2, 0) is 0 Å². The molecule has 0 bridgehead atoms. The molecule has 110 valence electrons. The molecule has 1 aromatic rings. The molecule has 0 unspecified atom stereocenters. The number of rotatable bonds is 5. The lowest BCUT2D eigenvalue weighted by Crippen LogP contribution is -2.40. The molecule has 0 atom stereocenters. The zero-order valence-electron chi connectivity index (χ0n) is 11.8. The van der Waals surface area contributed by atoms with Crippen molar-refractivity contribution in [3.05, 3.63) is 23.8 Å². The molecule has 5 nitrogen and oxygen atoms in total. The first-order valence-electron chi connectivity index (χ1n) is 7.02. The summed E-state index contributed by atoms with van der Waals surface area (Å²) in [5.41, 5.74) is 6.83. The molecule has 5 heteroatoms. The highest BCUT2D eigenvalue weighted by molar-refractivity contribution is 5.95. The molecule has 0 radical (unpaired) electrons. The van der Waals surface area contributed by atoms with Gasteiger partial charge in [0.25, 0.3) is 5.91 Å². The van der Waals surface area contributed by atoms with Gasteiger partial charge in [-0.1, -0.05) is 12.8 Å². The maximum Gasteiger partial charge on any atom is 0.254 e. The summed E-state index contributed by atoms with van der Waals surface area (Å²) in [4.78, 5) is 14.4. The van der Waals surface area contributed by atoms with Gasteiger partial charge >= 0.3 is 0 Å². The van der Waals surface area contributed by atoms with Crippen LogP contribution in [0.5, 0.6) is 5.75 Å².